The zero-order chi connectivity index (χ0) is 18.0. The van der Waals surface area contributed by atoms with Crippen LogP contribution in [-0.4, -0.2) is 35.0 Å². The van der Waals surface area contributed by atoms with Crippen molar-refractivity contribution in [2.75, 3.05) is 6.54 Å². The molecule has 4 nitrogen and oxygen atoms in total. The highest BCUT2D eigenvalue weighted by molar-refractivity contribution is 5.88. The van der Waals surface area contributed by atoms with Crippen molar-refractivity contribution in [3.05, 3.63) is 42.0 Å². The van der Waals surface area contributed by atoms with Crippen molar-refractivity contribution in [3.63, 3.8) is 0 Å². The molecular weight excluding hydrogens is 326 g/mol. The van der Waals surface area contributed by atoms with Crippen molar-refractivity contribution in [1.29, 1.82) is 0 Å². The lowest BCUT2D eigenvalue weighted by atomic mass is 9.75. The first-order chi connectivity index (χ1) is 12.7. The number of hydrogen-bond acceptors (Lipinski definition) is 3. The van der Waals surface area contributed by atoms with E-state index in [-0.39, 0.29) is 24.2 Å². The van der Waals surface area contributed by atoms with Gasteiger partial charge < -0.3 is 9.64 Å². The zero-order valence-electron chi connectivity index (χ0n) is 15.2. The fourth-order valence-electron chi connectivity index (χ4n) is 4.48. The molecule has 4 heteroatoms. The van der Waals surface area contributed by atoms with Crippen LogP contribution in [0.2, 0.25) is 0 Å². The van der Waals surface area contributed by atoms with E-state index in [1.807, 2.05) is 23.1 Å². The molecule has 3 aliphatic rings. The molecule has 1 unspecified atom stereocenters. The molecule has 2 saturated carbocycles. The van der Waals surface area contributed by atoms with E-state index in [0.29, 0.717) is 12.6 Å². The van der Waals surface area contributed by atoms with Crippen LogP contribution in [0, 0.1) is 5.92 Å². The Bertz CT molecular complexity index is 687. The fourth-order valence-corrected chi connectivity index (χ4v) is 4.48. The minimum atomic E-state index is -0.525. The van der Waals surface area contributed by atoms with E-state index in [0.717, 1.165) is 44.1 Å². The molecule has 3 fully saturated rings. The molecule has 4 rings (SSSR count). The molecular formula is C22H27NO3. The van der Waals surface area contributed by atoms with Crippen LogP contribution in [0.5, 0.6) is 0 Å². The summed E-state index contributed by atoms with van der Waals surface area (Å²) in [5, 5.41) is 0. The molecule has 138 valence electrons. The number of ether oxygens (including phenoxy) is 1. The van der Waals surface area contributed by atoms with E-state index in [1.54, 1.807) is 0 Å². The van der Waals surface area contributed by atoms with Gasteiger partial charge in [0.1, 0.15) is 5.60 Å². The van der Waals surface area contributed by atoms with Gasteiger partial charge in [0.2, 0.25) is 5.91 Å². The second-order valence-corrected chi connectivity index (χ2v) is 7.89. The first-order valence-electron chi connectivity index (χ1n) is 9.92. The van der Waals surface area contributed by atoms with Gasteiger partial charge in [0.05, 0.1) is 12.3 Å². The second-order valence-electron chi connectivity index (χ2n) is 7.89. The molecule has 1 saturated heterocycles. The van der Waals surface area contributed by atoms with E-state index in [2.05, 4.69) is 24.3 Å². The van der Waals surface area contributed by atoms with Crippen LogP contribution in [0.15, 0.2) is 36.4 Å². The van der Waals surface area contributed by atoms with E-state index >= 15 is 0 Å². The van der Waals surface area contributed by atoms with Gasteiger partial charge in [-0.3, -0.25) is 9.59 Å². The molecule has 1 aromatic rings. The first-order valence-corrected chi connectivity index (χ1v) is 9.92. The highest BCUT2D eigenvalue weighted by Gasteiger charge is 2.54. The molecule has 1 amide bonds. The van der Waals surface area contributed by atoms with Crippen LogP contribution in [-0.2, 0) is 14.3 Å². The number of amides is 1. The van der Waals surface area contributed by atoms with Crippen molar-refractivity contribution in [3.8, 4) is 0 Å². The van der Waals surface area contributed by atoms with Crippen molar-refractivity contribution in [2.24, 2.45) is 5.92 Å². The number of benzene rings is 1. The molecule has 1 spiro atoms. The topological polar surface area (TPSA) is 46.6 Å². The van der Waals surface area contributed by atoms with Crippen LogP contribution in [0.4, 0.5) is 0 Å². The minimum absolute atomic E-state index is 0.123. The maximum atomic E-state index is 13.3. The van der Waals surface area contributed by atoms with Crippen molar-refractivity contribution in [1.82, 2.24) is 4.90 Å². The van der Waals surface area contributed by atoms with Crippen LogP contribution < -0.4 is 0 Å². The number of carbonyl (C=O) groups excluding carboxylic acids is 2. The third kappa shape index (κ3) is 3.55. The Morgan fingerprint density at radius 1 is 1.15 bits per heavy atom. The maximum Gasteiger partial charge on any atom is 0.307 e. The smallest absolute Gasteiger partial charge is 0.307 e. The monoisotopic (exact) mass is 353 g/mol. The summed E-state index contributed by atoms with van der Waals surface area (Å²) in [6.07, 6.45) is 11.5. The largest absolute Gasteiger partial charge is 0.458 e. The molecule has 0 bridgehead atoms. The Balaban J connectivity index is 1.48. The summed E-state index contributed by atoms with van der Waals surface area (Å²) >= 11 is 0. The van der Waals surface area contributed by atoms with E-state index in [4.69, 9.17) is 4.74 Å². The predicted molar refractivity (Wildman–Crippen MR) is 100 cm³/mol. The SMILES string of the molecule is O=C1CC(C(=O)N(C/C=C/c2ccccc2)C2CC2)C2(CCCCC2)O1. The molecule has 1 aromatic carbocycles. The molecule has 2 aliphatic carbocycles. The van der Waals surface area contributed by atoms with Gasteiger partial charge in [0.25, 0.3) is 0 Å². The average Bonchev–Trinajstić information content (AvgIpc) is 3.44. The van der Waals surface area contributed by atoms with Gasteiger partial charge in [-0.2, -0.15) is 0 Å². The minimum Gasteiger partial charge on any atom is -0.458 e. The third-order valence-corrected chi connectivity index (χ3v) is 6.00. The molecule has 1 atom stereocenters. The molecule has 1 aliphatic heterocycles. The number of hydrogen-bond donors (Lipinski definition) is 0. The molecule has 26 heavy (non-hydrogen) atoms. The van der Waals surface area contributed by atoms with Gasteiger partial charge in [0, 0.05) is 12.6 Å². The summed E-state index contributed by atoms with van der Waals surface area (Å²) in [4.78, 5) is 27.4. The molecule has 0 radical (unpaired) electrons. The predicted octanol–water partition coefficient (Wildman–Crippen LogP) is 3.96. The Labute approximate surface area is 155 Å². The number of esters is 1. The normalized spacial score (nSPS) is 24.8. The molecule has 0 aromatic heterocycles. The molecule has 0 N–H and O–H groups in total. The fraction of sp³-hybridized carbons (Fsp3) is 0.545. The number of carbonyl (C=O) groups is 2. The standard InChI is InChI=1S/C22H27NO3/c24-20-16-19(22(26-20)13-5-2-6-14-22)21(25)23(18-11-12-18)15-7-10-17-8-3-1-4-9-17/h1,3-4,7-10,18-19H,2,5-6,11-16H2/b10-7+. The Morgan fingerprint density at radius 3 is 2.58 bits per heavy atom. The van der Waals surface area contributed by atoms with Crippen LogP contribution >= 0.6 is 0 Å². The molecule has 1 heterocycles. The van der Waals surface area contributed by atoms with Gasteiger partial charge in [-0.05, 0) is 44.1 Å². The summed E-state index contributed by atoms with van der Waals surface area (Å²) in [5.74, 6) is -0.361. The summed E-state index contributed by atoms with van der Waals surface area (Å²) in [5.41, 5.74) is 0.613. The zero-order valence-corrected chi connectivity index (χ0v) is 15.2. The van der Waals surface area contributed by atoms with Gasteiger partial charge in [-0.25, -0.2) is 0 Å². The van der Waals surface area contributed by atoms with Crippen molar-refractivity contribution >= 4 is 18.0 Å². The first kappa shape index (κ1) is 17.3. The van der Waals surface area contributed by atoms with Gasteiger partial charge in [-0.15, -0.1) is 0 Å². The lowest BCUT2D eigenvalue weighted by molar-refractivity contribution is -0.155. The quantitative estimate of drug-likeness (QED) is 0.753. The maximum absolute atomic E-state index is 13.3. The summed E-state index contributed by atoms with van der Waals surface area (Å²) in [6.45, 7) is 0.610. The second kappa shape index (κ2) is 7.26. The highest BCUT2D eigenvalue weighted by atomic mass is 16.6. The summed E-state index contributed by atoms with van der Waals surface area (Å²) in [7, 11) is 0. The van der Waals surface area contributed by atoms with E-state index < -0.39 is 5.60 Å². The van der Waals surface area contributed by atoms with Crippen molar-refractivity contribution < 1.29 is 14.3 Å². The van der Waals surface area contributed by atoms with Gasteiger partial charge in [0.15, 0.2) is 0 Å². The van der Waals surface area contributed by atoms with Crippen LogP contribution in [0.3, 0.4) is 0 Å². The number of rotatable bonds is 5. The Morgan fingerprint density at radius 2 is 1.88 bits per heavy atom. The Hall–Kier alpha value is -2.10. The van der Waals surface area contributed by atoms with E-state index in [9.17, 15) is 9.59 Å². The lowest BCUT2D eigenvalue weighted by Gasteiger charge is -2.38. The third-order valence-electron chi connectivity index (χ3n) is 6.00. The number of nitrogens with zero attached hydrogens (tertiary/aromatic N) is 1. The van der Waals surface area contributed by atoms with Gasteiger partial charge in [-0.1, -0.05) is 48.9 Å². The summed E-state index contributed by atoms with van der Waals surface area (Å²) < 4.78 is 5.74. The lowest BCUT2D eigenvalue weighted by Crippen LogP contribution is -2.48. The van der Waals surface area contributed by atoms with Gasteiger partial charge >= 0.3 is 5.97 Å². The van der Waals surface area contributed by atoms with E-state index in [1.165, 1.54) is 6.42 Å². The Kier molecular flexibility index (Phi) is 4.84. The van der Waals surface area contributed by atoms with Crippen molar-refractivity contribution in [2.45, 2.75) is 63.0 Å². The van der Waals surface area contributed by atoms with Crippen LogP contribution in [0.1, 0.15) is 56.9 Å². The average molecular weight is 353 g/mol. The highest BCUT2D eigenvalue weighted by Crippen LogP contribution is 2.45. The summed E-state index contributed by atoms with van der Waals surface area (Å²) in [6, 6.07) is 10.5. The van der Waals surface area contributed by atoms with Crippen LogP contribution in [0.25, 0.3) is 6.08 Å².